The summed E-state index contributed by atoms with van der Waals surface area (Å²) < 4.78 is 0. The Bertz CT molecular complexity index is 843. The molecule has 0 saturated heterocycles. The van der Waals surface area contributed by atoms with Crippen molar-refractivity contribution in [2.45, 2.75) is 0 Å². The summed E-state index contributed by atoms with van der Waals surface area (Å²) >= 11 is 0. The van der Waals surface area contributed by atoms with E-state index in [-0.39, 0.29) is 16.7 Å². The van der Waals surface area contributed by atoms with E-state index in [1.54, 1.807) is 0 Å². The third-order valence-electron chi connectivity index (χ3n) is 2.75. The SMILES string of the molecule is O=C(O)c1cccc(C#CC#Cc2ccccc2)c1C(=O)O. The zero-order chi connectivity index (χ0) is 15.9. The first kappa shape index (κ1) is 14.9. The minimum Gasteiger partial charge on any atom is -0.478 e. The van der Waals surface area contributed by atoms with Gasteiger partial charge in [-0.15, -0.1) is 0 Å². The summed E-state index contributed by atoms with van der Waals surface area (Å²) in [7, 11) is 0. The average molecular weight is 290 g/mol. The van der Waals surface area contributed by atoms with Crippen LogP contribution in [0.3, 0.4) is 0 Å². The van der Waals surface area contributed by atoms with Crippen molar-refractivity contribution < 1.29 is 19.8 Å². The zero-order valence-corrected chi connectivity index (χ0v) is 11.3. The van der Waals surface area contributed by atoms with Crippen molar-refractivity contribution in [2.24, 2.45) is 0 Å². The number of carboxylic acids is 2. The topological polar surface area (TPSA) is 74.6 Å². The third-order valence-corrected chi connectivity index (χ3v) is 2.75. The monoisotopic (exact) mass is 290 g/mol. The highest BCUT2D eigenvalue weighted by Gasteiger charge is 2.18. The van der Waals surface area contributed by atoms with Gasteiger partial charge in [-0.1, -0.05) is 36.1 Å². The predicted molar refractivity (Wildman–Crippen MR) is 80.6 cm³/mol. The van der Waals surface area contributed by atoms with Gasteiger partial charge in [0, 0.05) is 11.1 Å². The highest BCUT2D eigenvalue weighted by Crippen LogP contribution is 2.14. The van der Waals surface area contributed by atoms with E-state index >= 15 is 0 Å². The quantitative estimate of drug-likeness (QED) is 0.833. The lowest BCUT2D eigenvalue weighted by Crippen LogP contribution is -2.10. The van der Waals surface area contributed by atoms with E-state index in [1.165, 1.54) is 18.2 Å². The molecule has 4 heteroatoms. The molecule has 0 heterocycles. The van der Waals surface area contributed by atoms with Gasteiger partial charge in [-0.05, 0) is 36.1 Å². The van der Waals surface area contributed by atoms with E-state index in [2.05, 4.69) is 23.7 Å². The molecule has 0 aromatic heterocycles. The Morgan fingerprint density at radius 3 is 2.09 bits per heavy atom. The zero-order valence-electron chi connectivity index (χ0n) is 11.3. The molecule has 106 valence electrons. The van der Waals surface area contributed by atoms with Gasteiger partial charge < -0.3 is 10.2 Å². The Hall–Kier alpha value is -3.50. The fourth-order valence-corrected chi connectivity index (χ4v) is 1.79. The van der Waals surface area contributed by atoms with Crippen LogP contribution in [0.15, 0.2) is 48.5 Å². The number of carbonyl (C=O) groups is 2. The third kappa shape index (κ3) is 3.53. The van der Waals surface area contributed by atoms with Crippen LogP contribution in [0.25, 0.3) is 0 Å². The molecule has 0 saturated carbocycles. The molecule has 22 heavy (non-hydrogen) atoms. The van der Waals surface area contributed by atoms with Crippen LogP contribution in [0.1, 0.15) is 31.8 Å². The molecule has 0 aliphatic rings. The standard InChI is InChI=1S/C18H10O4/c19-17(20)15-12-6-11-14(16(15)18(21)22)10-5-4-9-13-7-2-1-3-8-13/h1-3,6-8,11-12H,(H,19,20)(H,21,22). The first-order valence-corrected chi connectivity index (χ1v) is 6.26. The normalized spacial score (nSPS) is 8.91. The molecule has 0 amide bonds. The van der Waals surface area contributed by atoms with Crippen molar-refractivity contribution in [2.75, 3.05) is 0 Å². The molecule has 0 bridgehead atoms. The van der Waals surface area contributed by atoms with E-state index in [0.29, 0.717) is 0 Å². The lowest BCUT2D eigenvalue weighted by Gasteiger charge is -2.03. The van der Waals surface area contributed by atoms with Crippen molar-refractivity contribution in [3.05, 3.63) is 70.8 Å². The summed E-state index contributed by atoms with van der Waals surface area (Å²) in [4.78, 5) is 22.3. The van der Waals surface area contributed by atoms with Gasteiger partial charge in [0.25, 0.3) is 0 Å². The maximum atomic E-state index is 11.2. The fraction of sp³-hybridized carbons (Fsp3) is 0. The van der Waals surface area contributed by atoms with Crippen molar-refractivity contribution >= 4 is 11.9 Å². The summed E-state index contributed by atoms with van der Waals surface area (Å²) in [6, 6.07) is 13.3. The number of benzene rings is 2. The van der Waals surface area contributed by atoms with E-state index < -0.39 is 11.9 Å². The predicted octanol–water partition coefficient (Wildman–Crippen LogP) is 2.49. The lowest BCUT2D eigenvalue weighted by atomic mass is 10.0. The van der Waals surface area contributed by atoms with Crippen LogP contribution in [0.4, 0.5) is 0 Å². The Balaban J connectivity index is 2.38. The Kier molecular flexibility index (Phi) is 4.59. The van der Waals surface area contributed by atoms with E-state index in [4.69, 9.17) is 10.2 Å². The maximum Gasteiger partial charge on any atom is 0.337 e. The molecule has 0 aliphatic carbocycles. The molecule has 0 radical (unpaired) electrons. The minimum absolute atomic E-state index is 0.120. The van der Waals surface area contributed by atoms with Gasteiger partial charge >= 0.3 is 11.9 Å². The molecule has 4 nitrogen and oxygen atoms in total. The van der Waals surface area contributed by atoms with Crippen LogP contribution in [0.5, 0.6) is 0 Å². The van der Waals surface area contributed by atoms with Crippen molar-refractivity contribution in [3.63, 3.8) is 0 Å². The summed E-state index contributed by atoms with van der Waals surface area (Å²) in [5, 5.41) is 18.2. The number of hydrogen-bond donors (Lipinski definition) is 2. The second-order valence-corrected chi connectivity index (χ2v) is 4.20. The Labute approximate surface area is 127 Å². The molecule has 0 fully saturated rings. The van der Waals surface area contributed by atoms with E-state index in [0.717, 1.165) is 5.56 Å². The minimum atomic E-state index is -1.33. The van der Waals surface area contributed by atoms with E-state index in [1.807, 2.05) is 30.3 Å². The summed E-state index contributed by atoms with van der Waals surface area (Å²) in [5.74, 6) is 7.92. The number of rotatable bonds is 2. The van der Waals surface area contributed by atoms with Crippen molar-refractivity contribution in [1.82, 2.24) is 0 Å². The van der Waals surface area contributed by atoms with Crippen LogP contribution in [0, 0.1) is 23.7 Å². The molecule has 2 aromatic rings. The molecule has 0 atom stereocenters. The molecule has 0 spiro atoms. The highest BCUT2D eigenvalue weighted by molar-refractivity contribution is 6.03. The molecule has 2 aromatic carbocycles. The smallest absolute Gasteiger partial charge is 0.337 e. The molecule has 0 unspecified atom stereocenters. The Morgan fingerprint density at radius 2 is 1.45 bits per heavy atom. The van der Waals surface area contributed by atoms with Crippen LogP contribution >= 0.6 is 0 Å². The summed E-state index contributed by atoms with van der Waals surface area (Å²) in [6.07, 6.45) is 0. The second kappa shape index (κ2) is 6.78. The number of hydrogen-bond acceptors (Lipinski definition) is 2. The van der Waals surface area contributed by atoms with E-state index in [9.17, 15) is 9.59 Å². The first-order chi connectivity index (χ1) is 10.6. The van der Waals surface area contributed by atoms with Gasteiger partial charge in [-0.2, -0.15) is 0 Å². The largest absolute Gasteiger partial charge is 0.478 e. The van der Waals surface area contributed by atoms with Crippen LogP contribution in [0.2, 0.25) is 0 Å². The van der Waals surface area contributed by atoms with Gasteiger partial charge in [-0.3, -0.25) is 0 Å². The molecular weight excluding hydrogens is 280 g/mol. The van der Waals surface area contributed by atoms with Gasteiger partial charge in [0.05, 0.1) is 11.1 Å². The summed E-state index contributed by atoms with van der Waals surface area (Å²) in [6.45, 7) is 0. The number of aromatic carboxylic acids is 2. The molecule has 2 N–H and O–H groups in total. The second-order valence-electron chi connectivity index (χ2n) is 4.20. The number of carboxylic acid groups (broad SMARTS) is 2. The molecular formula is C18H10O4. The van der Waals surface area contributed by atoms with Crippen LogP contribution < -0.4 is 0 Å². The van der Waals surface area contributed by atoms with Gasteiger partial charge in [0.15, 0.2) is 0 Å². The first-order valence-electron chi connectivity index (χ1n) is 6.26. The molecule has 2 rings (SSSR count). The maximum absolute atomic E-state index is 11.2. The van der Waals surface area contributed by atoms with Gasteiger partial charge in [0.2, 0.25) is 0 Å². The highest BCUT2D eigenvalue weighted by atomic mass is 16.4. The summed E-state index contributed by atoms with van der Waals surface area (Å²) in [5.41, 5.74) is 0.281. The van der Waals surface area contributed by atoms with Crippen LogP contribution in [-0.2, 0) is 0 Å². The lowest BCUT2D eigenvalue weighted by molar-refractivity contribution is 0.0651. The van der Waals surface area contributed by atoms with Crippen molar-refractivity contribution in [3.8, 4) is 23.7 Å². The van der Waals surface area contributed by atoms with Crippen LogP contribution in [-0.4, -0.2) is 22.2 Å². The van der Waals surface area contributed by atoms with Gasteiger partial charge in [0.1, 0.15) is 0 Å². The Morgan fingerprint density at radius 1 is 0.773 bits per heavy atom. The average Bonchev–Trinajstić information content (AvgIpc) is 2.52. The molecule has 0 aliphatic heterocycles. The fourth-order valence-electron chi connectivity index (χ4n) is 1.79. The van der Waals surface area contributed by atoms with Gasteiger partial charge in [-0.25, -0.2) is 9.59 Å². The van der Waals surface area contributed by atoms with Crippen molar-refractivity contribution in [1.29, 1.82) is 0 Å².